The van der Waals surface area contributed by atoms with Gasteiger partial charge >= 0.3 is 0 Å². The van der Waals surface area contributed by atoms with Crippen LogP contribution in [-0.4, -0.2) is 183 Å². The zero-order valence-corrected chi connectivity index (χ0v) is 27.9. The summed E-state index contributed by atoms with van der Waals surface area (Å²) in [5.74, 6) is -2.07. The van der Waals surface area contributed by atoms with Crippen LogP contribution in [0.2, 0.25) is 0 Å². The highest BCUT2D eigenvalue weighted by Gasteiger charge is 2.49. The van der Waals surface area contributed by atoms with Gasteiger partial charge in [-0.05, 0) is 18.2 Å². The first-order valence-electron chi connectivity index (χ1n) is 16.7. The molecule has 16 unspecified atom stereocenters. The molecular weight excluding hydrogens is 732 g/mol. The fraction of sp³-hybridized carbons (Fsp3) is 0.576. The van der Waals surface area contributed by atoms with Crippen LogP contribution in [0.15, 0.2) is 36.1 Å². The fourth-order valence-electron chi connectivity index (χ4n) is 6.33. The van der Waals surface area contributed by atoms with Crippen molar-refractivity contribution in [1.29, 1.82) is 0 Å². The van der Waals surface area contributed by atoms with Crippen LogP contribution in [0.25, 0.3) is 6.08 Å². The van der Waals surface area contributed by atoms with Crippen molar-refractivity contribution in [2.24, 2.45) is 0 Å². The summed E-state index contributed by atoms with van der Waals surface area (Å²) < 4.78 is 39.9. The second-order valence-corrected chi connectivity index (χ2v) is 13.1. The minimum Gasteiger partial charge on any atom is -0.508 e. The van der Waals surface area contributed by atoms with E-state index in [0.29, 0.717) is 0 Å². The smallest absolute Gasteiger partial charge is 0.229 e. The SMILES string of the molecule is OCC1OC(OCC2OC(OC3=Cc4c(cc(O)cc4OC4OC(CO)C(O)C(O)C4O)OC3c3ccc(O)c(O)c3)C(O)C(O)C2O)C(O)C(O)C1O. The Balaban J connectivity index is 1.30. The molecule has 2 aromatic rings. The first kappa shape index (κ1) is 40.1. The number of aromatic hydroxyl groups is 3. The zero-order valence-electron chi connectivity index (χ0n) is 27.9. The fourth-order valence-corrected chi connectivity index (χ4v) is 6.33. The molecule has 21 heteroatoms. The molecule has 3 fully saturated rings. The van der Waals surface area contributed by atoms with E-state index in [4.69, 9.17) is 33.2 Å². The van der Waals surface area contributed by atoms with E-state index in [1.165, 1.54) is 12.1 Å². The van der Waals surface area contributed by atoms with Gasteiger partial charge in [0, 0.05) is 17.7 Å². The molecule has 2 aromatic carbocycles. The average molecular weight is 775 g/mol. The van der Waals surface area contributed by atoms with E-state index >= 15 is 0 Å². The topological polar surface area (TPSA) is 348 Å². The molecule has 4 aliphatic rings. The lowest BCUT2D eigenvalue weighted by molar-refractivity contribution is -0.328. The van der Waals surface area contributed by atoms with Gasteiger partial charge in [-0.25, -0.2) is 0 Å². The maximum Gasteiger partial charge on any atom is 0.229 e. The highest BCUT2D eigenvalue weighted by Crippen LogP contribution is 2.46. The standard InChI is InChI=1S/C33H42O21/c34-7-18-21(39)24(42)27(45)31(52-18)48-9-20-23(41)26(44)29(47)33(54-20)51-17-6-12-15(49-30(17)10-1-2-13(37)14(38)3-10)4-11(36)5-16(12)50-32-28(46)25(43)22(40)19(8-35)53-32/h1-6,18-47H,7-9H2. The molecule has 0 amide bonds. The summed E-state index contributed by atoms with van der Waals surface area (Å²) in [6.45, 7) is -2.18. The largest absolute Gasteiger partial charge is 0.508 e. The predicted octanol–water partition coefficient (Wildman–Crippen LogP) is -4.90. The van der Waals surface area contributed by atoms with Gasteiger partial charge in [-0.15, -0.1) is 0 Å². The number of ether oxygens (including phenoxy) is 7. The summed E-state index contributed by atoms with van der Waals surface area (Å²) in [7, 11) is 0. The second kappa shape index (κ2) is 16.2. The van der Waals surface area contributed by atoms with Crippen LogP contribution in [0.3, 0.4) is 0 Å². The maximum absolute atomic E-state index is 10.9. The van der Waals surface area contributed by atoms with Crippen LogP contribution < -0.4 is 9.47 Å². The zero-order chi connectivity index (χ0) is 39.2. The molecule has 0 radical (unpaired) electrons. The third-order valence-electron chi connectivity index (χ3n) is 9.47. The normalized spacial score (nSPS) is 39.6. The molecule has 0 aliphatic carbocycles. The Hall–Kier alpha value is -3.62. The minimum atomic E-state index is -1.95. The van der Waals surface area contributed by atoms with Crippen LogP contribution >= 0.6 is 0 Å². The van der Waals surface area contributed by atoms with E-state index in [1.807, 2.05) is 0 Å². The number of phenolic OH excluding ortho intramolecular Hbond substituents is 3. The highest BCUT2D eigenvalue weighted by atomic mass is 16.7. The van der Waals surface area contributed by atoms with E-state index in [2.05, 4.69) is 0 Å². The van der Waals surface area contributed by atoms with Crippen LogP contribution in [0.5, 0.6) is 28.7 Å². The Morgan fingerprint density at radius 3 is 1.69 bits per heavy atom. The molecule has 6 rings (SSSR count). The summed E-state index contributed by atoms with van der Waals surface area (Å²) in [6, 6.07) is 5.82. The van der Waals surface area contributed by atoms with Gasteiger partial charge in [-0.3, -0.25) is 0 Å². The number of aliphatic hydroxyl groups is 11. The summed E-state index contributed by atoms with van der Waals surface area (Å²) in [5.41, 5.74) is 0.128. The Bertz CT molecular complexity index is 1640. The van der Waals surface area contributed by atoms with Gasteiger partial charge in [0.05, 0.1) is 25.4 Å². The number of phenols is 3. The lowest BCUT2D eigenvalue weighted by atomic mass is 9.98. The lowest BCUT2D eigenvalue weighted by Gasteiger charge is -2.43. The summed E-state index contributed by atoms with van der Waals surface area (Å²) in [5, 5.41) is 144. The molecule has 14 N–H and O–H groups in total. The van der Waals surface area contributed by atoms with E-state index in [9.17, 15) is 71.5 Å². The molecule has 0 aromatic heterocycles. The summed E-state index contributed by atoms with van der Waals surface area (Å²) in [4.78, 5) is 0. The van der Waals surface area contributed by atoms with Gasteiger partial charge in [0.1, 0.15) is 96.3 Å². The Morgan fingerprint density at radius 1 is 0.556 bits per heavy atom. The van der Waals surface area contributed by atoms with Crippen LogP contribution in [0.4, 0.5) is 0 Å². The third-order valence-corrected chi connectivity index (χ3v) is 9.47. The van der Waals surface area contributed by atoms with Crippen molar-refractivity contribution in [3.8, 4) is 28.7 Å². The molecule has 0 spiro atoms. The van der Waals surface area contributed by atoms with Crippen molar-refractivity contribution >= 4 is 6.08 Å². The molecule has 16 atom stereocenters. The molecule has 4 aliphatic heterocycles. The minimum absolute atomic E-state index is 0.00704. The lowest BCUT2D eigenvalue weighted by Crippen LogP contribution is -2.61. The Kier molecular flexibility index (Phi) is 12.0. The molecule has 21 nitrogen and oxygen atoms in total. The van der Waals surface area contributed by atoms with Gasteiger partial charge in [0.25, 0.3) is 0 Å². The van der Waals surface area contributed by atoms with Crippen LogP contribution in [0.1, 0.15) is 17.2 Å². The van der Waals surface area contributed by atoms with E-state index in [0.717, 1.165) is 24.3 Å². The number of rotatable bonds is 10. The Labute approximate surface area is 304 Å². The first-order chi connectivity index (χ1) is 25.6. The van der Waals surface area contributed by atoms with Crippen molar-refractivity contribution in [1.82, 2.24) is 0 Å². The first-order valence-corrected chi connectivity index (χ1v) is 16.7. The van der Waals surface area contributed by atoms with Gasteiger partial charge in [0.15, 0.2) is 23.9 Å². The summed E-state index contributed by atoms with van der Waals surface area (Å²) in [6.07, 6.45) is -25.8. The van der Waals surface area contributed by atoms with Gasteiger partial charge in [-0.2, -0.15) is 0 Å². The number of fused-ring (bicyclic) bond motifs is 1. The molecule has 3 saturated heterocycles. The Morgan fingerprint density at radius 2 is 1.09 bits per heavy atom. The van der Waals surface area contributed by atoms with E-state index in [-0.39, 0.29) is 28.4 Å². The van der Waals surface area contributed by atoms with Crippen LogP contribution in [-0.2, 0) is 23.7 Å². The monoisotopic (exact) mass is 774 g/mol. The molecule has 54 heavy (non-hydrogen) atoms. The summed E-state index contributed by atoms with van der Waals surface area (Å²) >= 11 is 0. The number of aliphatic hydroxyl groups excluding tert-OH is 11. The quantitative estimate of drug-likeness (QED) is 0.101. The molecule has 0 bridgehead atoms. The number of benzene rings is 2. The highest BCUT2D eigenvalue weighted by molar-refractivity contribution is 5.70. The maximum atomic E-state index is 10.9. The van der Waals surface area contributed by atoms with Crippen molar-refractivity contribution in [3.63, 3.8) is 0 Å². The van der Waals surface area contributed by atoms with Crippen molar-refractivity contribution < 1.29 is 105 Å². The van der Waals surface area contributed by atoms with Crippen molar-refractivity contribution in [2.45, 2.75) is 98.2 Å². The van der Waals surface area contributed by atoms with Crippen molar-refractivity contribution in [3.05, 3.63) is 47.2 Å². The van der Waals surface area contributed by atoms with E-state index < -0.39 is 135 Å². The van der Waals surface area contributed by atoms with E-state index in [1.54, 1.807) is 0 Å². The molecular formula is C33H42O21. The predicted molar refractivity (Wildman–Crippen MR) is 171 cm³/mol. The van der Waals surface area contributed by atoms with Crippen molar-refractivity contribution in [2.75, 3.05) is 19.8 Å². The third kappa shape index (κ3) is 7.75. The molecule has 300 valence electrons. The van der Waals surface area contributed by atoms with Gasteiger partial charge in [0.2, 0.25) is 12.6 Å². The second-order valence-electron chi connectivity index (χ2n) is 13.1. The average Bonchev–Trinajstić information content (AvgIpc) is 3.15. The van der Waals surface area contributed by atoms with Crippen LogP contribution in [0, 0.1) is 0 Å². The van der Waals surface area contributed by atoms with Gasteiger partial charge in [-0.1, -0.05) is 6.07 Å². The molecule has 0 saturated carbocycles. The molecule has 4 heterocycles. The van der Waals surface area contributed by atoms with Gasteiger partial charge < -0.3 is 105 Å². The number of hydrogen-bond acceptors (Lipinski definition) is 21. The number of hydrogen-bond donors (Lipinski definition) is 14.